The molecule has 0 aliphatic rings. The molecule has 2 aromatic carbocycles. The van der Waals surface area contributed by atoms with Crippen LogP contribution in [-0.2, 0) is 7.05 Å². The summed E-state index contributed by atoms with van der Waals surface area (Å²) in [5.41, 5.74) is 1.52. The minimum Gasteiger partial charge on any atom is -0.497 e. The second-order valence-corrected chi connectivity index (χ2v) is 8.15. The number of halogens is 1. The highest BCUT2D eigenvalue weighted by atomic mass is 32.2. The van der Waals surface area contributed by atoms with Crippen LogP contribution in [-0.4, -0.2) is 27.6 Å². The van der Waals surface area contributed by atoms with E-state index in [4.69, 9.17) is 4.74 Å². The van der Waals surface area contributed by atoms with Gasteiger partial charge < -0.3 is 14.6 Å². The Balaban J connectivity index is 1.54. The van der Waals surface area contributed by atoms with Gasteiger partial charge in [0.2, 0.25) is 0 Å². The summed E-state index contributed by atoms with van der Waals surface area (Å²) in [6, 6.07) is 11.7. The number of carbonyl (C=O) groups is 1. The van der Waals surface area contributed by atoms with Crippen molar-refractivity contribution in [2.45, 2.75) is 10.1 Å². The zero-order valence-electron chi connectivity index (χ0n) is 16.1. The number of hydrogen-bond donors (Lipinski definition) is 1. The average molecular weight is 441 g/mol. The molecular weight excluding hydrogens is 423 g/mol. The maximum atomic E-state index is 13.8. The van der Waals surface area contributed by atoms with E-state index in [0.717, 1.165) is 16.5 Å². The number of ether oxygens (including phenoxy) is 1. The van der Waals surface area contributed by atoms with Gasteiger partial charge in [0.1, 0.15) is 22.3 Å². The fourth-order valence-electron chi connectivity index (χ4n) is 2.67. The van der Waals surface area contributed by atoms with Crippen molar-refractivity contribution in [2.75, 3.05) is 12.4 Å². The van der Waals surface area contributed by atoms with Gasteiger partial charge in [-0.2, -0.15) is 0 Å². The summed E-state index contributed by atoms with van der Waals surface area (Å²) in [5, 5.41) is 5.89. The molecule has 4 rings (SSSR count). The largest absolute Gasteiger partial charge is 0.497 e. The minimum absolute atomic E-state index is 0.267. The van der Waals surface area contributed by atoms with E-state index in [0.29, 0.717) is 15.6 Å². The van der Waals surface area contributed by atoms with Gasteiger partial charge in [-0.1, -0.05) is 0 Å². The summed E-state index contributed by atoms with van der Waals surface area (Å²) in [6.45, 7) is 0. The Labute approximate surface area is 180 Å². The van der Waals surface area contributed by atoms with Gasteiger partial charge in [-0.05, 0) is 54.2 Å². The number of aryl methyl sites for hydroxylation is 1. The van der Waals surface area contributed by atoms with Crippen LogP contribution in [0.25, 0.3) is 10.6 Å². The third-order valence-electron chi connectivity index (χ3n) is 4.24. The molecule has 6 nitrogen and oxygen atoms in total. The highest BCUT2D eigenvalue weighted by Crippen LogP contribution is 2.33. The summed E-state index contributed by atoms with van der Waals surface area (Å²) >= 11 is 2.70. The SMILES string of the molecule is COc1ccc(-c2nc(C(=O)Nc3cc(F)ccc3Sc3nccn3C)cs2)cc1. The van der Waals surface area contributed by atoms with Gasteiger partial charge in [0, 0.05) is 35.3 Å². The quantitative estimate of drug-likeness (QED) is 0.452. The number of aromatic nitrogens is 3. The van der Waals surface area contributed by atoms with E-state index < -0.39 is 11.7 Å². The van der Waals surface area contributed by atoms with Crippen molar-refractivity contribution in [1.82, 2.24) is 14.5 Å². The van der Waals surface area contributed by atoms with Crippen molar-refractivity contribution < 1.29 is 13.9 Å². The first-order valence-electron chi connectivity index (χ1n) is 8.89. The Morgan fingerprint density at radius 2 is 2.03 bits per heavy atom. The van der Waals surface area contributed by atoms with Crippen molar-refractivity contribution in [2.24, 2.45) is 7.05 Å². The van der Waals surface area contributed by atoms with E-state index in [1.807, 2.05) is 42.1 Å². The summed E-state index contributed by atoms with van der Waals surface area (Å²) in [4.78, 5) is 22.1. The van der Waals surface area contributed by atoms with E-state index >= 15 is 0 Å². The second kappa shape index (κ2) is 8.68. The predicted molar refractivity (Wildman–Crippen MR) is 116 cm³/mol. The number of imidazole rings is 1. The number of nitrogens with one attached hydrogen (secondary N) is 1. The number of rotatable bonds is 6. The van der Waals surface area contributed by atoms with E-state index in [-0.39, 0.29) is 5.69 Å². The maximum absolute atomic E-state index is 13.8. The minimum atomic E-state index is -0.438. The molecule has 0 saturated carbocycles. The number of methoxy groups -OCH3 is 1. The Kier molecular flexibility index (Phi) is 5.82. The van der Waals surface area contributed by atoms with Crippen LogP contribution in [0.4, 0.5) is 10.1 Å². The summed E-state index contributed by atoms with van der Waals surface area (Å²) in [6.07, 6.45) is 3.50. The number of nitrogens with zero attached hydrogens (tertiary/aromatic N) is 3. The molecular formula is C21H17FN4O2S2. The Hall–Kier alpha value is -3.17. The van der Waals surface area contributed by atoms with Gasteiger partial charge in [0.15, 0.2) is 5.16 Å². The van der Waals surface area contributed by atoms with Crippen molar-refractivity contribution in [3.05, 3.63) is 71.7 Å². The van der Waals surface area contributed by atoms with Gasteiger partial charge in [0.25, 0.3) is 5.91 Å². The summed E-state index contributed by atoms with van der Waals surface area (Å²) in [7, 11) is 3.47. The van der Waals surface area contributed by atoms with Gasteiger partial charge in [-0.15, -0.1) is 11.3 Å². The second-order valence-electron chi connectivity index (χ2n) is 6.28. The molecule has 0 fully saturated rings. The summed E-state index contributed by atoms with van der Waals surface area (Å²) in [5.74, 6) is -0.0953. The smallest absolute Gasteiger partial charge is 0.275 e. The summed E-state index contributed by atoms with van der Waals surface area (Å²) < 4.78 is 20.8. The number of thiazole rings is 1. The van der Waals surface area contributed by atoms with Crippen LogP contribution in [0, 0.1) is 5.82 Å². The topological polar surface area (TPSA) is 69.0 Å². The number of benzene rings is 2. The molecule has 0 bridgehead atoms. The van der Waals surface area contributed by atoms with Crippen molar-refractivity contribution >= 4 is 34.7 Å². The van der Waals surface area contributed by atoms with E-state index in [1.165, 1.54) is 35.2 Å². The molecule has 0 aliphatic heterocycles. The Morgan fingerprint density at radius 3 is 2.73 bits per heavy atom. The van der Waals surface area contributed by atoms with Crippen LogP contribution < -0.4 is 10.1 Å². The van der Waals surface area contributed by atoms with Crippen LogP contribution in [0.2, 0.25) is 0 Å². The lowest BCUT2D eigenvalue weighted by molar-refractivity contribution is 0.102. The first-order chi connectivity index (χ1) is 14.5. The molecule has 9 heteroatoms. The van der Waals surface area contributed by atoms with Gasteiger partial charge >= 0.3 is 0 Å². The number of anilines is 1. The molecule has 0 atom stereocenters. The molecule has 2 aromatic heterocycles. The standard InChI is InChI=1S/C21H17FN4O2S2/c1-26-10-9-23-21(26)30-18-8-5-14(22)11-16(18)24-19(27)17-12-29-20(25-17)13-3-6-15(28-2)7-4-13/h3-12H,1-2H3,(H,24,27). The lowest BCUT2D eigenvalue weighted by Gasteiger charge is -2.10. The van der Waals surface area contributed by atoms with Crippen LogP contribution in [0.15, 0.2) is 70.3 Å². The molecule has 30 heavy (non-hydrogen) atoms. The van der Waals surface area contributed by atoms with Crippen LogP contribution in [0.5, 0.6) is 5.75 Å². The van der Waals surface area contributed by atoms with Gasteiger partial charge in [-0.25, -0.2) is 14.4 Å². The van der Waals surface area contributed by atoms with Crippen LogP contribution in [0.3, 0.4) is 0 Å². The fourth-order valence-corrected chi connectivity index (χ4v) is 4.35. The molecule has 2 heterocycles. The van der Waals surface area contributed by atoms with Gasteiger partial charge in [0.05, 0.1) is 12.8 Å². The monoisotopic (exact) mass is 440 g/mol. The molecule has 0 saturated heterocycles. The van der Waals surface area contributed by atoms with E-state index in [9.17, 15) is 9.18 Å². The lowest BCUT2D eigenvalue weighted by atomic mass is 10.2. The molecule has 152 valence electrons. The highest BCUT2D eigenvalue weighted by molar-refractivity contribution is 7.99. The van der Waals surface area contributed by atoms with Crippen LogP contribution in [0.1, 0.15) is 10.5 Å². The number of carbonyl (C=O) groups excluding carboxylic acids is 1. The zero-order chi connectivity index (χ0) is 21.1. The third-order valence-corrected chi connectivity index (χ3v) is 6.29. The molecule has 0 spiro atoms. The third kappa shape index (κ3) is 4.37. The normalized spacial score (nSPS) is 10.8. The lowest BCUT2D eigenvalue weighted by Crippen LogP contribution is -2.13. The maximum Gasteiger partial charge on any atom is 0.275 e. The van der Waals surface area contributed by atoms with Crippen molar-refractivity contribution in [1.29, 1.82) is 0 Å². The predicted octanol–water partition coefficient (Wildman–Crippen LogP) is 5.09. The molecule has 0 unspecified atom stereocenters. The van der Waals surface area contributed by atoms with E-state index in [1.54, 1.807) is 24.8 Å². The van der Waals surface area contributed by atoms with Gasteiger partial charge in [-0.3, -0.25) is 4.79 Å². The molecule has 4 aromatic rings. The van der Waals surface area contributed by atoms with Crippen molar-refractivity contribution in [3.63, 3.8) is 0 Å². The zero-order valence-corrected chi connectivity index (χ0v) is 17.8. The molecule has 0 aliphatic carbocycles. The Bertz CT molecular complexity index is 1190. The number of amides is 1. The average Bonchev–Trinajstić information content (AvgIpc) is 3.40. The molecule has 0 radical (unpaired) electrons. The van der Waals surface area contributed by atoms with E-state index in [2.05, 4.69) is 15.3 Å². The molecule has 1 N–H and O–H groups in total. The van der Waals surface area contributed by atoms with Crippen LogP contribution >= 0.6 is 23.1 Å². The van der Waals surface area contributed by atoms with Crippen molar-refractivity contribution in [3.8, 4) is 16.3 Å². The number of hydrogen-bond acceptors (Lipinski definition) is 6. The highest BCUT2D eigenvalue weighted by Gasteiger charge is 2.16. The first kappa shape index (κ1) is 20.1. The molecule has 1 amide bonds. The fraction of sp³-hybridized carbons (Fsp3) is 0.0952. The first-order valence-corrected chi connectivity index (χ1v) is 10.6. The Morgan fingerprint density at radius 1 is 1.23 bits per heavy atom.